The van der Waals surface area contributed by atoms with Crippen molar-refractivity contribution in [2.45, 2.75) is 45.8 Å². The van der Waals surface area contributed by atoms with Gasteiger partial charge in [-0.05, 0) is 49.2 Å². The van der Waals surface area contributed by atoms with Crippen molar-refractivity contribution in [3.63, 3.8) is 0 Å². The molecule has 17 heteroatoms. The van der Waals surface area contributed by atoms with Gasteiger partial charge in [-0.2, -0.15) is 13.2 Å². The zero-order valence-electron chi connectivity index (χ0n) is 30.1. The molecule has 6 rings (SSSR count). The van der Waals surface area contributed by atoms with Gasteiger partial charge in [-0.15, -0.1) is 0 Å². The number of rotatable bonds is 13. The second kappa shape index (κ2) is 15.9. The predicted molar refractivity (Wildman–Crippen MR) is 191 cm³/mol. The summed E-state index contributed by atoms with van der Waals surface area (Å²) in [5, 5.41) is 18.2. The average Bonchev–Trinajstić information content (AvgIpc) is 3.55. The zero-order chi connectivity index (χ0) is 38.7. The lowest BCUT2D eigenvalue weighted by atomic mass is 9.91. The maximum Gasteiger partial charge on any atom is 0.407 e. The van der Waals surface area contributed by atoms with Crippen LogP contribution in [0.2, 0.25) is 0 Å². The van der Waals surface area contributed by atoms with Crippen LogP contribution in [0.25, 0.3) is 16.9 Å². The highest BCUT2D eigenvalue weighted by molar-refractivity contribution is 5.96. The number of amides is 3. The van der Waals surface area contributed by atoms with E-state index in [0.717, 1.165) is 54.7 Å². The largest absolute Gasteiger partial charge is 0.465 e. The molecule has 2 aromatic heterocycles. The molecule has 2 aliphatic rings. The third-order valence-corrected chi connectivity index (χ3v) is 10.3. The van der Waals surface area contributed by atoms with E-state index in [1.807, 2.05) is 13.8 Å². The Hall–Kier alpha value is -5.45. The Balaban J connectivity index is 1.03. The number of nitrogens with zero attached hydrogens (tertiary/aromatic N) is 5. The van der Waals surface area contributed by atoms with E-state index >= 15 is 0 Å². The fourth-order valence-corrected chi connectivity index (χ4v) is 7.30. The maximum atomic E-state index is 14.9. The van der Waals surface area contributed by atoms with Crippen LogP contribution < -0.4 is 20.7 Å². The van der Waals surface area contributed by atoms with Crippen LogP contribution in [0.1, 0.15) is 42.6 Å². The van der Waals surface area contributed by atoms with Gasteiger partial charge in [-0.25, -0.2) is 19.2 Å². The molecular weight excluding hydrogens is 712 g/mol. The monoisotopic (exact) mass is 755 g/mol. The van der Waals surface area contributed by atoms with Crippen molar-refractivity contribution in [2.75, 3.05) is 51.6 Å². The molecule has 2 fully saturated rings. The van der Waals surface area contributed by atoms with E-state index in [2.05, 4.69) is 37.7 Å². The quantitative estimate of drug-likeness (QED) is 0.106. The van der Waals surface area contributed by atoms with Gasteiger partial charge in [-0.3, -0.25) is 14.0 Å². The minimum atomic E-state index is -3.31. The molecule has 0 aliphatic carbocycles. The van der Waals surface area contributed by atoms with Crippen LogP contribution in [0.4, 0.5) is 33.9 Å². The van der Waals surface area contributed by atoms with Crippen molar-refractivity contribution in [3.05, 3.63) is 71.7 Å². The Kier molecular flexibility index (Phi) is 11.3. The summed E-state index contributed by atoms with van der Waals surface area (Å²) in [7, 11) is 2.17. The summed E-state index contributed by atoms with van der Waals surface area (Å²) in [6, 6.07) is 6.89. The molecule has 54 heavy (non-hydrogen) atoms. The molecule has 4 aromatic rings. The molecule has 4 N–H and O–H groups in total. The van der Waals surface area contributed by atoms with Crippen molar-refractivity contribution in [2.24, 2.45) is 11.8 Å². The van der Waals surface area contributed by atoms with E-state index in [4.69, 9.17) is 5.11 Å². The fraction of sp³-hybridized carbons (Fsp3) is 0.432. The van der Waals surface area contributed by atoms with Gasteiger partial charge in [-0.1, -0.05) is 6.92 Å². The van der Waals surface area contributed by atoms with Crippen molar-refractivity contribution in [1.29, 1.82) is 0 Å². The fourth-order valence-electron chi connectivity index (χ4n) is 7.30. The molecule has 2 saturated heterocycles. The standard InChI is InChI=1S/C37H42F4N8O5/c1-4-23-15-25(46-32-33-43-17-28(48(33)12-11-42-32)27-7-8-29(54-36(40)41)31(39)30(27)38)5-6-26(23)35(51)45-21(2)16-44-34(50)24-9-13-49(3,14-10-24)20-22-18-47(19-22)37(52)53/h5-8,11-12,15,17,21-22,24,36H,4,9-10,13-14,16,18-20H2,1-3H3,(H3-,42,44,45,46,50,51,52,53)/p+1/t21-,24?,49?/m0/s1. The van der Waals surface area contributed by atoms with Gasteiger partial charge in [0.2, 0.25) is 11.7 Å². The Bertz CT molecular complexity index is 2030. The first-order valence-corrected chi connectivity index (χ1v) is 17.8. The zero-order valence-corrected chi connectivity index (χ0v) is 30.1. The topological polar surface area (TPSA) is 150 Å². The molecule has 3 amide bonds. The number of likely N-dealkylation sites (tertiary alicyclic amines) is 2. The summed E-state index contributed by atoms with van der Waals surface area (Å²) in [5.74, 6) is -3.62. The van der Waals surface area contributed by atoms with E-state index < -0.39 is 30.1 Å². The van der Waals surface area contributed by atoms with Crippen molar-refractivity contribution < 1.29 is 46.3 Å². The molecule has 0 unspecified atom stereocenters. The second-order valence-corrected chi connectivity index (χ2v) is 14.3. The number of halogens is 4. The van der Waals surface area contributed by atoms with Gasteiger partial charge < -0.3 is 35.2 Å². The van der Waals surface area contributed by atoms with E-state index in [0.29, 0.717) is 36.7 Å². The number of hydrogen-bond donors (Lipinski definition) is 4. The summed E-state index contributed by atoms with van der Waals surface area (Å²) in [6.45, 7) is 4.44. The molecule has 288 valence electrons. The number of hydrogen-bond acceptors (Lipinski definition) is 7. The molecule has 2 aliphatic heterocycles. The number of piperidine rings is 1. The molecule has 0 bridgehead atoms. The molecular formula is C37H43F4N8O5+. The van der Waals surface area contributed by atoms with Crippen LogP contribution in [-0.2, 0) is 11.2 Å². The number of aromatic nitrogens is 3. The first-order valence-electron chi connectivity index (χ1n) is 17.8. The number of carboxylic acid groups (broad SMARTS) is 1. The number of ether oxygens (including phenoxy) is 1. The molecule has 13 nitrogen and oxygen atoms in total. The number of benzene rings is 2. The number of aryl methyl sites for hydroxylation is 1. The van der Waals surface area contributed by atoms with Gasteiger partial charge >= 0.3 is 12.7 Å². The summed E-state index contributed by atoms with van der Waals surface area (Å²) < 4.78 is 61.0. The van der Waals surface area contributed by atoms with Gasteiger partial charge in [0.25, 0.3) is 5.91 Å². The van der Waals surface area contributed by atoms with Gasteiger partial charge in [0.05, 0.1) is 38.6 Å². The average molecular weight is 756 g/mol. The van der Waals surface area contributed by atoms with E-state index in [1.165, 1.54) is 27.9 Å². The minimum Gasteiger partial charge on any atom is -0.465 e. The first-order chi connectivity index (χ1) is 25.7. The number of nitrogens with one attached hydrogen (secondary N) is 3. The smallest absolute Gasteiger partial charge is 0.407 e. The summed E-state index contributed by atoms with van der Waals surface area (Å²) >= 11 is 0. The number of carbonyl (C=O) groups is 3. The summed E-state index contributed by atoms with van der Waals surface area (Å²) in [4.78, 5) is 47.5. The lowest BCUT2D eigenvalue weighted by Crippen LogP contribution is -2.60. The van der Waals surface area contributed by atoms with Crippen molar-refractivity contribution in [3.8, 4) is 17.0 Å². The third-order valence-electron chi connectivity index (χ3n) is 10.3. The lowest BCUT2D eigenvalue weighted by molar-refractivity contribution is -0.918. The molecule has 0 spiro atoms. The number of imidazole rings is 1. The van der Waals surface area contributed by atoms with Crippen LogP contribution in [-0.4, -0.2) is 106 Å². The Morgan fingerprint density at radius 3 is 2.50 bits per heavy atom. The number of quaternary nitrogens is 1. The van der Waals surface area contributed by atoms with Gasteiger partial charge in [0.15, 0.2) is 23.0 Å². The second-order valence-electron chi connectivity index (χ2n) is 14.3. The van der Waals surface area contributed by atoms with Crippen LogP contribution in [0.5, 0.6) is 5.75 Å². The number of anilines is 2. The summed E-state index contributed by atoms with van der Waals surface area (Å²) in [6.07, 6.45) is 5.39. The third kappa shape index (κ3) is 8.35. The van der Waals surface area contributed by atoms with Gasteiger partial charge in [0, 0.05) is 79.6 Å². The van der Waals surface area contributed by atoms with E-state index in [9.17, 15) is 31.9 Å². The molecule has 0 radical (unpaired) electrons. The lowest BCUT2D eigenvalue weighted by Gasteiger charge is -2.46. The van der Waals surface area contributed by atoms with Crippen molar-refractivity contribution in [1.82, 2.24) is 29.9 Å². The minimum absolute atomic E-state index is 0.0318. The van der Waals surface area contributed by atoms with E-state index in [-0.39, 0.29) is 53.0 Å². The van der Waals surface area contributed by atoms with Crippen molar-refractivity contribution >= 4 is 35.1 Å². The first kappa shape index (κ1) is 38.3. The van der Waals surface area contributed by atoms with Crippen LogP contribution in [0, 0.1) is 23.5 Å². The SMILES string of the molecule is CCc1cc(Nc2nccn3c(-c4ccc(OC(F)F)c(F)c4F)cnc23)ccc1C(=O)N[C@@H](C)CNC(=O)C1CC[N+](C)(CC2CN(C(=O)O)C2)CC1. The summed E-state index contributed by atoms with van der Waals surface area (Å²) in [5.41, 5.74) is 2.02. The normalized spacial score (nSPS) is 19.3. The number of carbonyl (C=O) groups excluding carboxylic acids is 2. The Morgan fingerprint density at radius 2 is 1.81 bits per heavy atom. The van der Waals surface area contributed by atoms with Crippen LogP contribution in [0.15, 0.2) is 48.9 Å². The van der Waals surface area contributed by atoms with E-state index in [1.54, 1.807) is 18.2 Å². The number of alkyl halides is 2. The van der Waals surface area contributed by atoms with Crippen LogP contribution in [0.3, 0.4) is 0 Å². The highest BCUT2D eigenvalue weighted by Crippen LogP contribution is 2.33. The van der Waals surface area contributed by atoms with Crippen LogP contribution >= 0.6 is 0 Å². The highest BCUT2D eigenvalue weighted by atomic mass is 19.3. The molecule has 0 saturated carbocycles. The molecule has 1 atom stereocenters. The maximum absolute atomic E-state index is 14.9. The number of fused-ring (bicyclic) bond motifs is 1. The Labute approximate surface area is 308 Å². The molecule has 2 aromatic carbocycles. The Morgan fingerprint density at radius 1 is 1.07 bits per heavy atom. The predicted octanol–water partition coefficient (Wildman–Crippen LogP) is 5.28. The highest BCUT2D eigenvalue weighted by Gasteiger charge is 2.40. The van der Waals surface area contributed by atoms with Gasteiger partial charge in [0.1, 0.15) is 0 Å². The molecule has 4 heterocycles.